The lowest BCUT2D eigenvalue weighted by Gasteiger charge is -2.35. The highest BCUT2D eigenvalue weighted by Crippen LogP contribution is 2.38. The molecule has 9 heteroatoms. The van der Waals surface area contributed by atoms with Gasteiger partial charge in [-0.25, -0.2) is 9.18 Å². The van der Waals surface area contributed by atoms with Crippen molar-refractivity contribution in [2.24, 2.45) is 0 Å². The van der Waals surface area contributed by atoms with Crippen LogP contribution in [0.1, 0.15) is 12.0 Å². The third kappa shape index (κ3) is 2.56. The van der Waals surface area contributed by atoms with Crippen molar-refractivity contribution in [1.82, 2.24) is 5.32 Å². The number of ether oxygens (including phenoxy) is 2. The molecule has 0 aromatic heterocycles. The number of cyclic esters (lactones) is 1. The molecule has 0 spiro atoms. The molecular formula is C17H16FN3O5. The number of hydrogen-bond acceptors (Lipinski definition) is 6. The van der Waals surface area contributed by atoms with Crippen LogP contribution in [0.15, 0.2) is 24.1 Å². The molecule has 0 unspecified atom stereocenters. The first-order chi connectivity index (χ1) is 12.5. The fourth-order valence-corrected chi connectivity index (χ4v) is 3.29. The number of benzene rings is 1. The molecule has 1 aromatic rings. The van der Waals surface area contributed by atoms with Gasteiger partial charge in [-0.3, -0.25) is 14.5 Å². The Bertz CT molecular complexity index is 853. The van der Waals surface area contributed by atoms with Crippen molar-refractivity contribution in [1.29, 1.82) is 0 Å². The number of likely N-dealkylation sites (N-methyl/N-ethyl adjacent to an activating group) is 1. The lowest BCUT2D eigenvalue weighted by atomic mass is 10.1. The van der Waals surface area contributed by atoms with Crippen molar-refractivity contribution in [3.63, 3.8) is 0 Å². The number of anilines is 2. The molecular weight excluding hydrogens is 345 g/mol. The Morgan fingerprint density at radius 1 is 1.31 bits per heavy atom. The fourth-order valence-electron chi connectivity index (χ4n) is 3.29. The van der Waals surface area contributed by atoms with Crippen molar-refractivity contribution in [2.75, 3.05) is 29.9 Å². The molecule has 136 valence electrons. The number of halogens is 1. The predicted octanol–water partition coefficient (Wildman–Crippen LogP) is 1.05. The van der Waals surface area contributed by atoms with Crippen LogP contribution in [0, 0.1) is 5.82 Å². The summed E-state index contributed by atoms with van der Waals surface area (Å²) < 4.78 is 25.4. The summed E-state index contributed by atoms with van der Waals surface area (Å²) in [4.78, 5) is 38.1. The van der Waals surface area contributed by atoms with Crippen molar-refractivity contribution in [3.8, 4) is 0 Å². The Morgan fingerprint density at radius 3 is 2.88 bits per heavy atom. The van der Waals surface area contributed by atoms with Gasteiger partial charge in [-0.15, -0.1) is 0 Å². The maximum absolute atomic E-state index is 14.8. The lowest BCUT2D eigenvalue weighted by Crippen LogP contribution is -2.36. The van der Waals surface area contributed by atoms with E-state index in [0.29, 0.717) is 29.4 Å². The van der Waals surface area contributed by atoms with Crippen molar-refractivity contribution in [3.05, 3.63) is 35.5 Å². The standard InChI is InChI=1S/C17H16FN3O5/c1-19-16(23)13-7-21(17(24)26-13)10-4-9-8-25-14-6-11(22)2-3-20(14)15(9)12(18)5-10/h4-6,13H,2-3,7-8H2,1H3,(H,19,23)/t13-/m1/s1. The van der Waals surface area contributed by atoms with E-state index in [4.69, 9.17) is 9.47 Å². The first-order valence-corrected chi connectivity index (χ1v) is 8.15. The molecule has 1 saturated heterocycles. The average Bonchev–Trinajstić information content (AvgIpc) is 3.02. The van der Waals surface area contributed by atoms with Gasteiger partial charge in [-0.05, 0) is 12.1 Å². The van der Waals surface area contributed by atoms with E-state index in [1.807, 2.05) is 0 Å². The number of amides is 2. The van der Waals surface area contributed by atoms with Gasteiger partial charge in [-0.1, -0.05) is 0 Å². The number of carbonyl (C=O) groups is 3. The molecule has 3 aliphatic heterocycles. The Kier molecular flexibility index (Phi) is 3.78. The minimum absolute atomic E-state index is 0.000952. The quantitative estimate of drug-likeness (QED) is 0.847. The minimum Gasteiger partial charge on any atom is -0.474 e. The molecule has 8 nitrogen and oxygen atoms in total. The van der Waals surface area contributed by atoms with Gasteiger partial charge < -0.3 is 19.7 Å². The van der Waals surface area contributed by atoms with E-state index in [1.165, 1.54) is 24.1 Å². The topological polar surface area (TPSA) is 88.2 Å². The second-order valence-corrected chi connectivity index (χ2v) is 6.17. The lowest BCUT2D eigenvalue weighted by molar-refractivity contribution is -0.127. The summed E-state index contributed by atoms with van der Waals surface area (Å²) in [7, 11) is 1.45. The van der Waals surface area contributed by atoms with E-state index in [9.17, 15) is 18.8 Å². The highest BCUT2D eigenvalue weighted by atomic mass is 19.1. The van der Waals surface area contributed by atoms with Crippen molar-refractivity contribution in [2.45, 2.75) is 19.1 Å². The van der Waals surface area contributed by atoms with Gasteiger partial charge in [-0.2, -0.15) is 0 Å². The third-order valence-electron chi connectivity index (χ3n) is 4.57. The Morgan fingerprint density at radius 2 is 2.12 bits per heavy atom. The number of nitrogens with zero attached hydrogens (tertiary/aromatic N) is 2. The minimum atomic E-state index is -0.939. The van der Waals surface area contributed by atoms with Crippen LogP contribution in [0.5, 0.6) is 0 Å². The number of fused-ring (bicyclic) bond motifs is 3. The Hall–Kier alpha value is -3.10. The maximum Gasteiger partial charge on any atom is 0.415 e. The predicted molar refractivity (Wildman–Crippen MR) is 87.9 cm³/mol. The maximum atomic E-state index is 14.8. The first kappa shape index (κ1) is 16.4. The molecule has 3 heterocycles. The van der Waals surface area contributed by atoms with Gasteiger partial charge in [0.25, 0.3) is 5.91 Å². The van der Waals surface area contributed by atoms with Gasteiger partial charge in [0.1, 0.15) is 12.4 Å². The van der Waals surface area contributed by atoms with E-state index >= 15 is 0 Å². The van der Waals surface area contributed by atoms with E-state index in [0.717, 1.165) is 0 Å². The monoisotopic (exact) mass is 361 g/mol. The zero-order valence-corrected chi connectivity index (χ0v) is 14.0. The third-order valence-corrected chi connectivity index (χ3v) is 4.57. The number of carbonyl (C=O) groups excluding carboxylic acids is 3. The van der Waals surface area contributed by atoms with E-state index < -0.39 is 23.9 Å². The zero-order valence-electron chi connectivity index (χ0n) is 14.0. The summed E-state index contributed by atoms with van der Waals surface area (Å²) in [5.74, 6) is -0.676. The summed E-state index contributed by atoms with van der Waals surface area (Å²) in [6, 6.07) is 2.87. The molecule has 0 bridgehead atoms. The van der Waals surface area contributed by atoms with Crippen LogP contribution >= 0.6 is 0 Å². The van der Waals surface area contributed by atoms with Crippen LogP contribution in [-0.4, -0.2) is 44.0 Å². The fraction of sp³-hybridized carbons (Fsp3) is 0.353. The van der Waals surface area contributed by atoms with Crippen LogP contribution in [0.2, 0.25) is 0 Å². The van der Waals surface area contributed by atoms with Gasteiger partial charge >= 0.3 is 6.09 Å². The molecule has 3 aliphatic rings. The molecule has 1 aromatic carbocycles. The van der Waals surface area contributed by atoms with E-state index in [2.05, 4.69) is 5.32 Å². The average molecular weight is 361 g/mol. The summed E-state index contributed by atoms with van der Waals surface area (Å²) in [5.41, 5.74) is 1.19. The molecule has 0 radical (unpaired) electrons. The number of hydrogen-bond donors (Lipinski definition) is 1. The molecule has 1 fully saturated rings. The van der Waals surface area contributed by atoms with Crippen LogP contribution in [0.25, 0.3) is 0 Å². The largest absolute Gasteiger partial charge is 0.474 e. The van der Waals surface area contributed by atoms with Crippen LogP contribution in [0.3, 0.4) is 0 Å². The van der Waals surface area contributed by atoms with E-state index in [1.54, 1.807) is 11.0 Å². The van der Waals surface area contributed by atoms with Gasteiger partial charge in [0, 0.05) is 31.7 Å². The van der Waals surface area contributed by atoms with Crippen LogP contribution < -0.4 is 15.1 Å². The summed E-state index contributed by atoms with van der Waals surface area (Å²) in [6.07, 6.45) is -0.00460. The zero-order chi connectivity index (χ0) is 18.4. The SMILES string of the molecule is CNC(=O)[C@H]1CN(c2cc(F)c3c(c2)COC2=CC(=O)CCN23)C(=O)O1. The highest BCUT2D eigenvalue weighted by molar-refractivity contribution is 5.96. The molecule has 0 saturated carbocycles. The summed E-state index contributed by atoms with van der Waals surface area (Å²) in [5, 5.41) is 2.42. The second-order valence-electron chi connectivity index (χ2n) is 6.17. The number of rotatable bonds is 2. The molecule has 0 aliphatic carbocycles. The Labute approximate surface area is 148 Å². The van der Waals surface area contributed by atoms with Gasteiger partial charge in [0.2, 0.25) is 0 Å². The second kappa shape index (κ2) is 6.01. The highest BCUT2D eigenvalue weighted by Gasteiger charge is 2.38. The normalized spacial score (nSPS) is 21.5. The molecule has 2 amide bonds. The summed E-state index contributed by atoms with van der Waals surface area (Å²) >= 11 is 0. The first-order valence-electron chi connectivity index (χ1n) is 8.15. The molecule has 1 atom stereocenters. The number of nitrogens with one attached hydrogen (secondary N) is 1. The number of allylic oxidation sites excluding steroid dienone is 1. The van der Waals surface area contributed by atoms with Crippen molar-refractivity contribution < 1.29 is 28.2 Å². The van der Waals surface area contributed by atoms with Crippen LogP contribution in [0.4, 0.5) is 20.6 Å². The van der Waals surface area contributed by atoms with E-state index in [-0.39, 0.29) is 25.4 Å². The smallest absolute Gasteiger partial charge is 0.415 e. The number of ketones is 1. The molecule has 1 N–H and O–H groups in total. The molecule has 26 heavy (non-hydrogen) atoms. The van der Waals surface area contributed by atoms with Crippen molar-refractivity contribution >= 4 is 29.2 Å². The molecule has 4 rings (SSSR count). The Balaban J connectivity index is 1.67. The van der Waals surface area contributed by atoms with Crippen LogP contribution in [-0.2, 0) is 25.7 Å². The summed E-state index contributed by atoms with van der Waals surface area (Å²) in [6.45, 7) is 0.414. The van der Waals surface area contributed by atoms with Gasteiger partial charge in [0.15, 0.2) is 17.8 Å². The van der Waals surface area contributed by atoms with Gasteiger partial charge in [0.05, 0.1) is 17.9 Å².